The Morgan fingerprint density at radius 3 is 2.21 bits per heavy atom. The molecule has 0 bridgehead atoms. The van der Waals surface area contributed by atoms with Crippen LogP contribution >= 0.6 is 0 Å². The maximum absolute atomic E-state index is 13.3. The number of hydrogen-bond donors (Lipinski definition) is 1. The number of nitrogens with one attached hydrogen (secondary N) is 1. The standard InChI is InChI=1S/C24H32FN3O5S/c1-5-22(24(30)26-2)27(17-18-8-10-19(25)11-9-18)23(29)7-6-16-28(34(4,31)32)20-12-14-21(33-3)15-13-20/h8-15,22H,5-7,16-17H2,1-4H3,(H,26,30). The number of halogens is 1. The van der Waals surface area contributed by atoms with Crippen molar-refractivity contribution in [3.8, 4) is 5.75 Å². The molecule has 186 valence electrons. The minimum Gasteiger partial charge on any atom is -0.497 e. The zero-order valence-electron chi connectivity index (χ0n) is 20.0. The molecule has 0 aliphatic heterocycles. The van der Waals surface area contributed by atoms with Gasteiger partial charge in [-0.3, -0.25) is 13.9 Å². The second kappa shape index (κ2) is 12.4. The van der Waals surface area contributed by atoms with Crippen molar-refractivity contribution in [3.05, 3.63) is 59.9 Å². The van der Waals surface area contributed by atoms with Crippen LogP contribution in [0.25, 0.3) is 0 Å². The summed E-state index contributed by atoms with van der Waals surface area (Å²) in [5.41, 5.74) is 1.16. The molecule has 0 aliphatic rings. The van der Waals surface area contributed by atoms with Gasteiger partial charge in [-0.15, -0.1) is 0 Å². The molecule has 34 heavy (non-hydrogen) atoms. The molecule has 10 heteroatoms. The maximum atomic E-state index is 13.3. The molecule has 0 saturated carbocycles. The van der Waals surface area contributed by atoms with Crippen molar-refractivity contribution in [2.45, 2.75) is 38.8 Å². The molecule has 1 N–H and O–H groups in total. The minimum absolute atomic E-state index is 0.0386. The van der Waals surface area contributed by atoms with E-state index in [4.69, 9.17) is 4.74 Å². The minimum atomic E-state index is -3.58. The molecule has 1 atom stereocenters. The predicted molar refractivity (Wildman–Crippen MR) is 130 cm³/mol. The van der Waals surface area contributed by atoms with E-state index in [9.17, 15) is 22.4 Å². The number of hydrogen-bond acceptors (Lipinski definition) is 5. The van der Waals surface area contributed by atoms with Gasteiger partial charge in [-0.1, -0.05) is 19.1 Å². The lowest BCUT2D eigenvalue weighted by Gasteiger charge is -2.30. The molecule has 2 aromatic carbocycles. The van der Waals surface area contributed by atoms with Gasteiger partial charge in [-0.2, -0.15) is 0 Å². The molecule has 0 spiro atoms. The van der Waals surface area contributed by atoms with Gasteiger partial charge in [0.15, 0.2) is 0 Å². The van der Waals surface area contributed by atoms with Gasteiger partial charge < -0.3 is 15.0 Å². The third-order valence-corrected chi connectivity index (χ3v) is 6.61. The molecular formula is C24H32FN3O5S. The lowest BCUT2D eigenvalue weighted by atomic mass is 10.1. The highest BCUT2D eigenvalue weighted by Gasteiger charge is 2.28. The van der Waals surface area contributed by atoms with Crippen molar-refractivity contribution in [2.24, 2.45) is 0 Å². The Kier molecular flexibility index (Phi) is 9.85. The Bertz CT molecular complexity index is 1060. The average Bonchev–Trinajstić information content (AvgIpc) is 2.82. The Morgan fingerprint density at radius 1 is 1.09 bits per heavy atom. The van der Waals surface area contributed by atoms with Gasteiger partial charge in [0.2, 0.25) is 21.8 Å². The highest BCUT2D eigenvalue weighted by molar-refractivity contribution is 7.92. The number of anilines is 1. The van der Waals surface area contributed by atoms with Gasteiger partial charge in [0.05, 0.1) is 19.1 Å². The van der Waals surface area contributed by atoms with Gasteiger partial charge >= 0.3 is 0 Å². The number of carbonyl (C=O) groups is 2. The Morgan fingerprint density at radius 2 is 1.71 bits per heavy atom. The van der Waals surface area contributed by atoms with Crippen LogP contribution in [0.5, 0.6) is 5.75 Å². The monoisotopic (exact) mass is 493 g/mol. The largest absolute Gasteiger partial charge is 0.497 e. The number of sulfonamides is 1. The average molecular weight is 494 g/mol. The van der Waals surface area contributed by atoms with Crippen LogP contribution in [0.2, 0.25) is 0 Å². The van der Waals surface area contributed by atoms with Crippen LogP contribution in [0.4, 0.5) is 10.1 Å². The molecule has 2 aromatic rings. The van der Waals surface area contributed by atoms with E-state index in [-0.39, 0.29) is 43.6 Å². The molecule has 0 heterocycles. The summed E-state index contributed by atoms with van der Waals surface area (Å²) in [6.07, 6.45) is 1.80. The Labute approximate surface area is 200 Å². The highest BCUT2D eigenvalue weighted by atomic mass is 32.2. The van der Waals surface area contributed by atoms with Gasteiger partial charge in [0.25, 0.3) is 0 Å². The Balaban J connectivity index is 2.17. The van der Waals surface area contributed by atoms with E-state index in [2.05, 4.69) is 5.32 Å². The van der Waals surface area contributed by atoms with Crippen molar-refractivity contribution < 1.29 is 27.1 Å². The van der Waals surface area contributed by atoms with E-state index in [0.29, 0.717) is 23.4 Å². The number of benzene rings is 2. The lowest BCUT2D eigenvalue weighted by molar-refractivity contribution is -0.141. The van der Waals surface area contributed by atoms with Crippen LogP contribution in [0, 0.1) is 5.82 Å². The summed E-state index contributed by atoms with van der Waals surface area (Å²) in [5.74, 6) is -0.375. The topological polar surface area (TPSA) is 96.0 Å². The fraction of sp³-hybridized carbons (Fsp3) is 0.417. The van der Waals surface area contributed by atoms with Crippen molar-refractivity contribution in [2.75, 3.05) is 31.3 Å². The summed E-state index contributed by atoms with van der Waals surface area (Å²) in [7, 11) is -0.552. The van der Waals surface area contributed by atoms with E-state index in [0.717, 1.165) is 6.26 Å². The first-order chi connectivity index (χ1) is 16.1. The fourth-order valence-electron chi connectivity index (χ4n) is 3.63. The van der Waals surface area contributed by atoms with Crippen LogP contribution < -0.4 is 14.4 Å². The van der Waals surface area contributed by atoms with E-state index in [1.54, 1.807) is 43.3 Å². The molecule has 8 nitrogen and oxygen atoms in total. The van der Waals surface area contributed by atoms with Crippen molar-refractivity contribution in [3.63, 3.8) is 0 Å². The zero-order chi connectivity index (χ0) is 25.3. The first-order valence-corrected chi connectivity index (χ1v) is 12.8. The number of methoxy groups -OCH3 is 1. The highest BCUT2D eigenvalue weighted by Crippen LogP contribution is 2.22. The van der Waals surface area contributed by atoms with Gasteiger partial charge in [-0.25, -0.2) is 12.8 Å². The second-order valence-corrected chi connectivity index (χ2v) is 9.73. The number of rotatable bonds is 12. The van der Waals surface area contributed by atoms with Gasteiger partial charge in [0.1, 0.15) is 17.6 Å². The molecule has 0 fully saturated rings. The van der Waals surface area contributed by atoms with Crippen molar-refractivity contribution in [1.29, 1.82) is 0 Å². The SMILES string of the molecule is CCC(C(=O)NC)N(Cc1ccc(F)cc1)C(=O)CCCN(c1ccc(OC)cc1)S(C)(=O)=O. The third kappa shape index (κ3) is 7.44. The molecule has 2 rings (SSSR count). The van der Waals surface area contributed by atoms with Gasteiger partial charge in [-0.05, 0) is 54.8 Å². The Hall–Kier alpha value is -3.14. The van der Waals surface area contributed by atoms with E-state index < -0.39 is 16.1 Å². The van der Waals surface area contributed by atoms with Crippen LogP contribution in [-0.2, 0) is 26.2 Å². The normalized spacial score (nSPS) is 12.0. The van der Waals surface area contributed by atoms with E-state index in [1.165, 1.54) is 35.5 Å². The van der Waals surface area contributed by atoms with Crippen LogP contribution in [0.15, 0.2) is 48.5 Å². The molecule has 0 saturated heterocycles. The third-order valence-electron chi connectivity index (χ3n) is 5.41. The van der Waals surface area contributed by atoms with Crippen LogP contribution in [0.1, 0.15) is 31.7 Å². The molecule has 2 amide bonds. The zero-order valence-corrected chi connectivity index (χ0v) is 20.8. The summed E-state index contributed by atoms with van der Waals surface area (Å²) in [6.45, 7) is 2.04. The van der Waals surface area contributed by atoms with Crippen molar-refractivity contribution in [1.82, 2.24) is 10.2 Å². The smallest absolute Gasteiger partial charge is 0.242 e. The van der Waals surface area contributed by atoms with Gasteiger partial charge in [0, 0.05) is 26.6 Å². The van der Waals surface area contributed by atoms with Crippen LogP contribution in [-0.4, -0.2) is 58.1 Å². The summed E-state index contributed by atoms with van der Waals surface area (Å²) >= 11 is 0. The second-order valence-electron chi connectivity index (χ2n) is 7.82. The molecule has 0 aromatic heterocycles. The number of amides is 2. The van der Waals surface area contributed by atoms with Crippen LogP contribution in [0.3, 0.4) is 0 Å². The number of nitrogens with zero attached hydrogens (tertiary/aromatic N) is 2. The van der Waals surface area contributed by atoms with E-state index >= 15 is 0 Å². The van der Waals surface area contributed by atoms with E-state index in [1.807, 2.05) is 0 Å². The summed E-state index contributed by atoms with van der Waals surface area (Å²) in [4.78, 5) is 27.1. The lowest BCUT2D eigenvalue weighted by Crippen LogP contribution is -2.48. The predicted octanol–water partition coefficient (Wildman–Crippen LogP) is 2.93. The summed E-state index contributed by atoms with van der Waals surface area (Å²) in [6, 6.07) is 11.7. The maximum Gasteiger partial charge on any atom is 0.242 e. The van der Waals surface area contributed by atoms with Crippen molar-refractivity contribution >= 4 is 27.5 Å². The quantitative estimate of drug-likeness (QED) is 0.491. The first kappa shape index (κ1) is 27.1. The molecule has 0 aliphatic carbocycles. The number of likely N-dealkylation sites (N-methyl/N-ethyl adjacent to an activating group) is 1. The molecule has 0 radical (unpaired) electrons. The molecule has 1 unspecified atom stereocenters. The summed E-state index contributed by atoms with van der Waals surface area (Å²) < 4.78 is 44.4. The number of carbonyl (C=O) groups excluding carboxylic acids is 2. The fourth-order valence-corrected chi connectivity index (χ4v) is 4.59. The summed E-state index contributed by atoms with van der Waals surface area (Å²) in [5, 5.41) is 2.58. The first-order valence-electron chi connectivity index (χ1n) is 11.0. The number of ether oxygens (including phenoxy) is 1. The molecular weight excluding hydrogens is 461 g/mol.